The molecule has 1 heterocycles. The van der Waals surface area contributed by atoms with E-state index >= 15 is 0 Å². The van der Waals surface area contributed by atoms with Crippen LogP contribution in [0.25, 0.3) is 10.6 Å². The van der Waals surface area contributed by atoms with Crippen molar-refractivity contribution in [2.75, 3.05) is 14.2 Å². The lowest BCUT2D eigenvalue weighted by Gasteiger charge is -2.18. The summed E-state index contributed by atoms with van der Waals surface area (Å²) in [7, 11) is 3.16. The zero-order valence-corrected chi connectivity index (χ0v) is 20.1. The van der Waals surface area contributed by atoms with Gasteiger partial charge < -0.3 is 19.5 Å². The number of ether oxygens (including phenoxy) is 3. The average Bonchev–Trinajstić information content (AvgIpc) is 3.40. The summed E-state index contributed by atoms with van der Waals surface area (Å²) in [4.78, 5) is 30.3. The van der Waals surface area contributed by atoms with Gasteiger partial charge >= 0.3 is 5.97 Å². The molecule has 0 aliphatic heterocycles. The minimum Gasteiger partial charge on any atom is -0.493 e. The molecule has 178 valence electrons. The fourth-order valence-corrected chi connectivity index (χ4v) is 4.23. The number of rotatable bonds is 9. The predicted octanol–water partition coefficient (Wildman–Crippen LogP) is 5.04. The Morgan fingerprint density at radius 2 is 1.60 bits per heavy atom. The van der Waals surface area contributed by atoms with Crippen LogP contribution in [0.2, 0.25) is 0 Å². The zero-order chi connectivity index (χ0) is 24.6. The Morgan fingerprint density at radius 3 is 2.29 bits per heavy atom. The van der Waals surface area contributed by atoms with Gasteiger partial charge in [-0.15, -0.1) is 11.3 Å². The van der Waals surface area contributed by atoms with E-state index in [0.717, 1.165) is 10.6 Å². The van der Waals surface area contributed by atoms with Crippen LogP contribution in [0.5, 0.6) is 11.5 Å². The van der Waals surface area contributed by atoms with Crippen LogP contribution in [-0.4, -0.2) is 31.1 Å². The largest absolute Gasteiger partial charge is 0.493 e. The fourth-order valence-electron chi connectivity index (χ4n) is 3.43. The monoisotopic (exact) mass is 488 g/mol. The molecule has 1 aromatic heterocycles. The van der Waals surface area contributed by atoms with Gasteiger partial charge in [-0.05, 0) is 35.9 Å². The second kappa shape index (κ2) is 11.3. The third-order valence-corrected chi connectivity index (χ3v) is 6.16. The van der Waals surface area contributed by atoms with Crippen molar-refractivity contribution in [2.24, 2.45) is 0 Å². The van der Waals surface area contributed by atoms with E-state index in [1.165, 1.54) is 11.3 Å². The van der Waals surface area contributed by atoms with Gasteiger partial charge in [0, 0.05) is 16.5 Å². The topological polar surface area (TPSA) is 86.8 Å². The number of thiazole rings is 1. The van der Waals surface area contributed by atoms with Crippen molar-refractivity contribution in [3.63, 3.8) is 0 Å². The number of aromatic nitrogens is 1. The van der Waals surface area contributed by atoms with Gasteiger partial charge in [0.1, 0.15) is 11.6 Å². The van der Waals surface area contributed by atoms with Gasteiger partial charge in [0.05, 0.1) is 19.9 Å². The van der Waals surface area contributed by atoms with Crippen LogP contribution in [0.3, 0.4) is 0 Å². The van der Waals surface area contributed by atoms with Crippen molar-refractivity contribution in [3.8, 4) is 22.1 Å². The van der Waals surface area contributed by atoms with Gasteiger partial charge in [-0.2, -0.15) is 0 Å². The minimum atomic E-state index is -0.951. The molecule has 1 atom stereocenters. The molecular formula is C27H24N2O5S. The first-order chi connectivity index (χ1) is 17.1. The van der Waals surface area contributed by atoms with Crippen molar-refractivity contribution in [1.82, 2.24) is 10.3 Å². The molecular weight excluding hydrogens is 464 g/mol. The van der Waals surface area contributed by atoms with Crippen molar-refractivity contribution in [1.29, 1.82) is 0 Å². The molecule has 0 saturated carbocycles. The Balaban J connectivity index is 1.46. The molecule has 0 spiro atoms. The summed E-state index contributed by atoms with van der Waals surface area (Å²) in [6, 6.07) is 22.3. The number of esters is 1. The highest BCUT2D eigenvalue weighted by atomic mass is 32.1. The SMILES string of the molecule is COc1ccc(-c2nc(COC(=O)C(NC(=O)c3ccccc3)c3ccccc3)cs2)cc1OC. The summed E-state index contributed by atoms with van der Waals surface area (Å²) in [6.07, 6.45) is 0. The van der Waals surface area contributed by atoms with E-state index in [4.69, 9.17) is 14.2 Å². The average molecular weight is 489 g/mol. The Bertz CT molecular complexity index is 1290. The lowest BCUT2D eigenvalue weighted by atomic mass is 10.1. The van der Waals surface area contributed by atoms with Crippen molar-refractivity contribution < 1.29 is 23.8 Å². The van der Waals surface area contributed by atoms with Gasteiger partial charge in [-0.1, -0.05) is 48.5 Å². The second-order valence-electron chi connectivity index (χ2n) is 7.50. The first kappa shape index (κ1) is 24.0. The number of amides is 1. The first-order valence-corrected chi connectivity index (χ1v) is 11.7. The maximum atomic E-state index is 13.0. The lowest BCUT2D eigenvalue weighted by molar-refractivity contribution is -0.147. The van der Waals surface area contributed by atoms with Gasteiger partial charge in [-0.3, -0.25) is 4.79 Å². The standard InChI is InChI=1S/C27H24N2O5S/c1-32-22-14-13-20(15-23(22)33-2)26-28-21(17-35-26)16-34-27(31)24(18-9-5-3-6-10-18)29-25(30)19-11-7-4-8-12-19/h3-15,17,24H,16H2,1-2H3,(H,29,30). The number of carbonyl (C=O) groups is 2. The normalized spacial score (nSPS) is 11.4. The molecule has 0 aliphatic rings. The molecule has 35 heavy (non-hydrogen) atoms. The van der Waals surface area contributed by atoms with Crippen LogP contribution in [0, 0.1) is 0 Å². The van der Waals surface area contributed by atoms with Crippen molar-refractivity contribution >= 4 is 23.2 Å². The smallest absolute Gasteiger partial charge is 0.333 e. The van der Waals surface area contributed by atoms with Gasteiger partial charge in [0.25, 0.3) is 5.91 Å². The molecule has 0 bridgehead atoms. The second-order valence-corrected chi connectivity index (χ2v) is 8.36. The van der Waals surface area contributed by atoms with E-state index < -0.39 is 12.0 Å². The van der Waals surface area contributed by atoms with Gasteiger partial charge in [0.2, 0.25) is 0 Å². The predicted molar refractivity (Wildman–Crippen MR) is 134 cm³/mol. The summed E-state index contributed by atoms with van der Waals surface area (Å²) in [5.41, 5.74) is 2.56. The Labute approximate surface area is 207 Å². The van der Waals surface area contributed by atoms with Crippen LogP contribution in [0.15, 0.2) is 84.2 Å². The number of nitrogens with zero attached hydrogens (tertiary/aromatic N) is 1. The fraction of sp³-hybridized carbons (Fsp3) is 0.148. The van der Waals surface area contributed by atoms with Crippen molar-refractivity contribution in [3.05, 3.63) is 101 Å². The van der Waals surface area contributed by atoms with Gasteiger partial charge in [0.15, 0.2) is 17.5 Å². The van der Waals surface area contributed by atoms with Crippen LogP contribution < -0.4 is 14.8 Å². The summed E-state index contributed by atoms with van der Waals surface area (Å²) in [5.74, 6) is 0.307. The highest BCUT2D eigenvalue weighted by molar-refractivity contribution is 7.13. The van der Waals surface area contributed by atoms with E-state index in [9.17, 15) is 9.59 Å². The van der Waals surface area contributed by atoms with E-state index in [2.05, 4.69) is 10.3 Å². The summed E-state index contributed by atoms with van der Waals surface area (Å²) >= 11 is 1.43. The first-order valence-electron chi connectivity index (χ1n) is 10.8. The third kappa shape index (κ3) is 5.85. The van der Waals surface area contributed by atoms with E-state index in [-0.39, 0.29) is 12.5 Å². The van der Waals surface area contributed by atoms with Crippen LogP contribution in [0.1, 0.15) is 27.7 Å². The molecule has 8 heteroatoms. The number of nitrogens with one attached hydrogen (secondary N) is 1. The molecule has 7 nitrogen and oxygen atoms in total. The number of benzene rings is 3. The molecule has 1 unspecified atom stereocenters. The van der Waals surface area contributed by atoms with E-state index in [1.807, 2.05) is 35.7 Å². The number of carbonyl (C=O) groups excluding carboxylic acids is 2. The number of hydrogen-bond acceptors (Lipinski definition) is 7. The van der Waals surface area contributed by atoms with E-state index in [1.54, 1.807) is 62.8 Å². The molecule has 0 saturated heterocycles. The molecule has 0 aliphatic carbocycles. The number of methoxy groups -OCH3 is 2. The van der Waals surface area contributed by atoms with Crippen LogP contribution in [0.4, 0.5) is 0 Å². The molecule has 3 aromatic carbocycles. The molecule has 1 amide bonds. The Kier molecular flexibility index (Phi) is 7.74. The molecule has 4 rings (SSSR count). The summed E-state index contributed by atoms with van der Waals surface area (Å²) in [6.45, 7) is -0.0207. The molecule has 4 aromatic rings. The molecule has 0 radical (unpaired) electrons. The lowest BCUT2D eigenvalue weighted by Crippen LogP contribution is -2.34. The van der Waals surface area contributed by atoms with Crippen molar-refractivity contribution in [2.45, 2.75) is 12.6 Å². The Hall–Kier alpha value is -4.17. The number of hydrogen-bond donors (Lipinski definition) is 1. The summed E-state index contributed by atoms with van der Waals surface area (Å²) in [5, 5.41) is 5.37. The maximum Gasteiger partial charge on any atom is 0.333 e. The quantitative estimate of drug-likeness (QED) is 0.332. The Morgan fingerprint density at radius 1 is 0.914 bits per heavy atom. The van der Waals surface area contributed by atoms with Gasteiger partial charge in [-0.25, -0.2) is 9.78 Å². The third-order valence-electron chi connectivity index (χ3n) is 5.22. The maximum absolute atomic E-state index is 13.0. The minimum absolute atomic E-state index is 0.0207. The highest BCUT2D eigenvalue weighted by Crippen LogP contribution is 2.33. The zero-order valence-electron chi connectivity index (χ0n) is 19.3. The van der Waals surface area contributed by atoms with E-state index in [0.29, 0.717) is 28.3 Å². The highest BCUT2D eigenvalue weighted by Gasteiger charge is 2.25. The molecule has 1 N–H and O–H groups in total. The molecule has 0 fully saturated rings. The summed E-state index contributed by atoms with van der Waals surface area (Å²) < 4.78 is 16.2. The van der Waals surface area contributed by atoms with Crippen LogP contribution >= 0.6 is 11.3 Å². The van der Waals surface area contributed by atoms with Crippen LogP contribution in [-0.2, 0) is 16.1 Å².